The van der Waals surface area contributed by atoms with Crippen LogP contribution < -0.4 is 9.64 Å². The lowest BCUT2D eigenvalue weighted by Crippen LogP contribution is -2.31. The summed E-state index contributed by atoms with van der Waals surface area (Å²) in [5.74, 6) is 0.975. The van der Waals surface area contributed by atoms with Gasteiger partial charge in [-0.2, -0.15) is 9.97 Å². The summed E-state index contributed by atoms with van der Waals surface area (Å²) in [5, 5.41) is 3.52. The molecule has 0 aliphatic heterocycles. The van der Waals surface area contributed by atoms with Crippen LogP contribution in [0.2, 0.25) is 0 Å². The molecule has 0 saturated carbocycles. The largest absolute Gasteiger partial charge is 0.467 e. The molecule has 98 valence electrons. The number of nitrogens with zero attached hydrogens (tertiary/aromatic N) is 7. The summed E-state index contributed by atoms with van der Waals surface area (Å²) in [5.41, 5.74) is 8.29. The molecule has 0 spiro atoms. The number of ether oxygens (including phenoxy) is 1. The van der Waals surface area contributed by atoms with Crippen molar-refractivity contribution in [3.63, 3.8) is 0 Å². The Balaban J connectivity index is 2.81. The standard InChI is InChI=1S/C10H17N7O/c1-8(2)6-17(5-4-14-16-11)9-12-7-13-10(15-9)18-3/h7-8H,4-6H2,1-3H3. The molecular weight excluding hydrogens is 234 g/mol. The van der Waals surface area contributed by atoms with Gasteiger partial charge in [-0.1, -0.05) is 19.0 Å². The maximum absolute atomic E-state index is 8.29. The third-order valence-electron chi connectivity index (χ3n) is 2.12. The highest BCUT2D eigenvalue weighted by atomic mass is 16.5. The number of rotatable bonds is 7. The van der Waals surface area contributed by atoms with E-state index in [1.54, 1.807) is 0 Å². The summed E-state index contributed by atoms with van der Waals surface area (Å²) in [6.45, 7) is 5.90. The van der Waals surface area contributed by atoms with E-state index in [-0.39, 0.29) is 6.01 Å². The fraction of sp³-hybridized carbons (Fsp3) is 0.700. The Kier molecular flexibility index (Phi) is 5.66. The smallest absolute Gasteiger partial charge is 0.320 e. The van der Waals surface area contributed by atoms with E-state index < -0.39 is 0 Å². The SMILES string of the molecule is COc1ncnc(N(CCN=[N+]=[N-])CC(C)C)n1. The van der Waals surface area contributed by atoms with Crippen LogP contribution in [0.5, 0.6) is 6.01 Å². The van der Waals surface area contributed by atoms with Crippen LogP contribution in [-0.4, -0.2) is 41.7 Å². The van der Waals surface area contributed by atoms with Crippen molar-refractivity contribution in [2.75, 3.05) is 31.6 Å². The quantitative estimate of drug-likeness (QED) is 0.416. The van der Waals surface area contributed by atoms with Gasteiger partial charge in [0.15, 0.2) is 0 Å². The maximum atomic E-state index is 8.29. The molecule has 0 fully saturated rings. The molecule has 0 amide bonds. The Morgan fingerprint density at radius 2 is 2.28 bits per heavy atom. The molecule has 1 heterocycles. The van der Waals surface area contributed by atoms with Crippen LogP contribution in [0.1, 0.15) is 13.8 Å². The van der Waals surface area contributed by atoms with Crippen LogP contribution in [0.25, 0.3) is 10.4 Å². The van der Waals surface area contributed by atoms with E-state index in [9.17, 15) is 0 Å². The topological polar surface area (TPSA) is 99.9 Å². The molecule has 0 aliphatic rings. The van der Waals surface area contributed by atoms with Gasteiger partial charge in [0.25, 0.3) is 0 Å². The molecule has 0 unspecified atom stereocenters. The summed E-state index contributed by atoms with van der Waals surface area (Å²) < 4.78 is 4.96. The molecule has 0 aromatic carbocycles. The average molecular weight is 251 g/mol. The molecule has 1 aromatic rings. The van der Waals surface area contributed by atoms with Crippen LogP contribution in [0.3, 0.4) is 0 Å². The second-order valence-corrected chi connectivity index (χ2v) is 4.07. The predicted octanol–water partition coefficient (Wildman–Crippen LogP) is 1.65. The summed E-state index contributed by atoms with van der Waals surface area (Å²) >= 11 is 0. The van der Waals surface area contributed by atoms with Gasteiger partial charge in [-0.05, 0) is 11.4 Å². The van der Waals surface area contributed by atoms with Gasteiger partial charge in [0, 0.05) is 24.5 Å². The summed E-state index contributed by atoms with van der Waals surface area (Å²) in [7, 11) is 1.51. The molecule has 0 saturated heterocycles. The summed E-state index contributed by atoms with van der Waals surface area (Å²) in [4.78, 5) is 16.8. The highest BCUT2D eigenvalue weighted by molar-refractivity contribution is 5.29. The third kappa shape index (κ3) is 4.42. The fourth-order valence-corrected chi connectivity index (χ4v) is 1.45. The number of aromatic nitrogens is 3. The van der Waals surface area contributed by atoms with E-state index in [4.69, 9.17) is 10.3 Å². The Morgan fingerprint density at radius 3 is 2.89 bits per heavy atom. The lowest BCUT2D eigenvalue weighted by Gasteiger charge is -2.23. The minimum Gasteiger partial charge on any atom is -0.467 e. The minimum absolute atomic E-state index is 0.276. The number of azide groups is 1. The molecule has 0 bridgehead atoms. The molecule has 8 heteroatoms. The van der Waals surface area contributed by atoms with Gasteiger partial charge >= 0.3 is 6.01 Å². The van der Waals surface area contributed by atoms with Gasteiger partial charge in [0.1, 0.15) is 6.33 Å². The van der Waals surface area contributed by atoms with Crippen molar-refractivity contribution >= 4 is 5.95 Å². The molecule has 0 atom stereocenters. The van der Waals surface area contributed by atoms with E-state index in [1.165, 1.54) is 13.4 Å². The molecule has 8 nitrogen and oxygen atoms in total. The third-order valence-corrected chi connectivity index (χ3v) is 2.12. The first kappa shape index (κ1) is 14.0. The number of hydrogen-bond donors (Lipinski definition) is 0. The normalized spacial score (nSPS) is 10.0. The van der Waals surface area contributed by atoms with Crippen LogP contribution in [-0.2, 0) is 0 Å². The van der Waals surface area contributed by atoms with Crippen molar-refractivity contribution in [3.05, 3.63) is 16.8 Å². The van der Waals surface area contributed by atoms with Crippen LogP contribution >= 0.6 is 0 Å². The monoisotopic (exact) mass is 251 g/mol. The zero-order valence-electron chi connectivity index (χ0n) is 10.8. The Labute approximate surface area is 106 Å². The zero-order valence-corrected chi connectivity index (χ0v) is 10.8. The lowest BCUT2D eigenvalue weighted by molar-refractivity contribution is 0.377. The first-order valence-electron chi connectivity index (χ1n) is 5.66. The van der Waals surface area contributed by atoms with Gasteiger partial charge in [-0.3, -0.25) is 0 Å². The van der Waals surface area contributed by atoms with Gasteiger partial charge in [-0.15, -0.1) is 0 Å². The zero-order chi connectivity index (χ0) is 13.4. The molecule has 0 N–H and O–H groups in total. The number of anilines is 1. The van der Waals surface area contributed by atoms with Gasteiger partial charge in [0.05, 0.1) is 7.11 Å². The average Bonchev–Trinajstić information content (AvgIpc) is 2.37. The van der Waals surface area contributed by atoms with E-state index in [2.05, 4.69) is 38.8 Å². The van der Waals surface area contributed by atoms with Crippen molar-refractivity contribution < 1.29 is 4.74 Å². The minimum atomic E-state index is 0.276. The van der Waals surface area contributed by atoms with Crippen LogP contribution in [0, 0.1) is 5.92 Å². The highest BCUT2D eigenvalue weighted by Gasteiger charge is 2.12. The second-order valence-electron chi connectivity index (χ2n) is 4.07. The second kappa shape index (κ2) is 7.29. The molecule has 1 rings (SSSR count). The van der Waals surface area contributed by atoms with Gasteiger partial charge in [0.2, 0.25) is 5.95 Å². The van der Waals surface area contributed by atoms with Crippen LogP contribution in [0.15, 0.2) is 11.4 Å². The molecular formula is C10H17N7O. The fourth-order valence-electron chi connectivity index (χ4n) is 1.45. The molecule has 0 radical (unpaired) electrons. The summed E-state index contributed by atoms with van der Waals surface area (Å²) in [6.07, 6.45) is 1.40. The van der Waals surface area contributed by atoms with Crippen molar-refractivity contribution in [3.8, 4) is 6.01 Å². The van der Waals surface area contributed by atoms with E-state index in [0.29, 0.717) is 25.0 Å². The van der Waals surface area contributed by atoms with Gasteiger partial charge < -0.3 is 9.64 Å². The van der Waals surface area contributed by atoms with E-state index in [1.807, 2.05) is 4.90 Å². The van der Waals surface area contributed by atoms with Crippen molar-refractivity contribution in [2.24, 2.45) is 11.0 Å². The van der Waals surface area contributed by atoms with E-state index in [0.717, 1.165) is 6.54 Å². The van der Waals surface area contributed by atoms with Crippen molar-refractivity contribution in [2.45, 2.75) is 13.8 Å². The lowest BCUT2D eigenvalue weighted by atomic mass is 10.2. The number of hydrogen-bond acceptors (Lipinski definition) is 6. The number of methoxy groups -OCH3 is 1. The Morgan fingerprint density at radius 1 is 1.50 bits per heavy atom. The van der Waals surface area contributed by atoms with Gasteiger partial charge in [-0.25, -0.2) is 4.98 Å². The van der Waals surface area contributed by atoms with Crippen molar-refractivity contribution in [1.82, 2.24) is 15.0 Å². The highest BCUT2D eigenvalue weighted by Crippen LogP contribution is 2.11. The van der Waals surface area contributed by atoms with Crippen molar-refractivity contribution in [1.29, 1.82) is 0 Å². The van der Waals surface area contributed by atoms with Crippen LogP contribution in [0.4, 0.5) is 5.95 Å². The Bertz CT molecular complexity index is 416. The molecule has 18 heavy (non-hydrogen) atoms. The first-order chi connectivity index (χ1) is 8.67. The summed E-state index contributed by atoms with van der Waals surface area (Å²) in [6, 6.07) is 0.276. The molecule has 1 aromatic heterocycles. The predicted molar refractivity (Wildman–Crippen MR) is 67.4 cm³/mol. The van der Waals surface area contributed by atoms with E-state index >= 15 is 0 Å². The molecule has 0 aliphatic carbocycles. The maximum Gasteiger partial charge on any atom is 0.320 e. The first-order valence-corrected chi connectivity index (χ1v) is 5.66. The Hall–Kier alpha value is -2.08.